The van der Waals surface area contributed by atoms with Crippen molar-refractivity contribution < 1.29 is 9.59 Å². The van der Waals surface area contributed by atoms with Crippen molar-refractivity contribution >= 4 is 23.2 Å². The van der Waals surface area contributed by atoms with Gasteiger partial charge >= 0.3 is 11.8 Å². The Balaban J connectivity index is 1.88. The van der Waals surface area contributed by atoms with Crippen LogP contribution in [0.3, 0.4) is 0 Å². The van der Waals surface area contributed by atoms with E-state index < -0.39 is 11.8 Å². The normalized spacial score (nSPS) is 16.7. The van der Waals surface area contributed by atoms with Gasteiger partial charge in [-0.1, -0.05) is 19.8 Å². The number of hydrogen-bond donors (Lipinski definition) is 2. The quantitative estimate of drug-likeness (QED) is 0.593. The van der Waals surface area contributed by atoms with Crippen molar-refractivity contribution in [1.29, 1.82) is 0 Å². The van der Waals surface area contributed by atoms with Crippen LogP contribution in [-0.2, 0) is 9.59 Å². The number of unbranched alkanes of at least 4 members (excludes halogenated alkanes) is 1. The van der Waals surface area contributed by atoms with Crippen LogP contribution in [0.15, 0.2) is 16.8 Å². The van der Waals surface area contributed by atoms with Crippen LogP contribution in [-0.4, -0.2) is 42.9 Å². The molecule has 1 atom stereocenters. The highest BCUT2D eigenvalue weighted by atomic mass is 32.1. The Morgan fingerprint density at radius 3 is 2.61 bits per heavy atom. The summed E-state index contributed by atoms with van der Waals surface area (Å²) in [6.45, 7) is 5.20. The van der Waals surface area contributed by atoms with E-state index in [1.165, 1.54) is 24.8 Å². The van der Waals surface area contributed by atoms with E-state index in [4.69, 9.17) is 0 Å². The summed E-state index contributed by atoms with van der Waals surface area (Å²) in [5.74, 6) is -1.06. The van der Waals surface area contributed by atoms with E-state index in [-0.39, 0.29) is 6.04 Å². The molecule has 5 nitrogen and oxygen atoms in total. The molecule has 0 bridgehead atoms. The van der Waals surface area contributed by atoms with E-state index >= 15 is 0 Å². The second-order valence-corrected chi connectivity index (χ2v) is 6.77. The number of amides is 2. The van der Waals surface area contributed by atoms with Crippen molar-refractivity contribution in [3.05, 3.63) is 22.4 Å². The van der Waals surface area contributed by atoms with E-state index in [1.54, 1.807) is 11.3 Å². The summed E-state index contributed by atoms with van der Waals surface area (Å²) in [5.41, 5.74) is 1.23. The summed E-state index contributed by atoms with van der Waals surface area (Å²) in [6, 6.07) is 2.27. The first kappa shape index (κ1) is 17.9. The van der Waals surface area contributed by atoms with Crippen LogP contribution in [0.5, 0.6) is 0 Å². The highest BCUT2D eigenvalue weighted by Gasteiger charge is 2.24. The highest BCUT2D eigenvalue weighted by molar-refractivity contribution is 7.07. The number of thiophene rings is 1. The smallest absolute Gasteiger partial charge is 0.309 e. The van der Waals surface area contributed by atoms with Crippen LogP contribution in [0.4, 0.5) is 0 Å². The largest absolute Gasteiger partial charge is 0.348 e. The number of piperidine rings is 1. The molecular formula is C17H27N3O2S. The predicted molar refractivity (Wildman–Crippen MR) is 93.4 cm³/mol. The first-order valence-corrected chi connectivity index (χ1v) is 9.48. The lowest BCUT2D eigenvalue weighted by atomic mass is 10.0. The average molecular weight is 337 g/mol. The Labute approximate surface area is 142 Å². The highest BCUT2D eigenvalue weighted by Crippen LogP contribution is 2.25. The monoisotopic (exact) mass is 337 g/mol. The van der Waals surface area contributed by atoms with Gasteiger partial charge in [0.2, 0.25) is 0 Å². The van der Waals surface area contributed by atoms with Gasteiger partial charge in [-0.3, -0.25) is 14.5 Å². The molecule has 0 saturated carbocycles. The van der Waals surface area contributed by atoms with Crippen molar-refractivity contribution in [3.63, 3.8) is 0 Å². The molecule has 6 heteroatoms. The first-order chi connectivity index (χ1) is 11.2. The molecule has 1 aliphatic rings. The Kier molecular flexibility index (Phi) is 7.55. The first-order valence-electron chi connectivity index (χ1n) is 8.54. The molecule has 0 spiro atoms. The van der Waals surface area contributed by atoms with Crippen molar-refractivity contribution in [2.45, 2.75) is 45.1 Å². The maximum atomic E-state index is 12.0. The van der Waals surface area contributed by atoms with E-state index in [0.717, 1.165) is 25.9 Å². The van der Waals surface area contributed by atoms with Gasteiger partial charge in [0.15, 0.2) is 0 Å². The number of hydrogen-bond acceptors (Lipinski definition) is 4. The zero-order valence-electron chi connectivity index (χ0n) is 13.8. The molecule has 128 valence electrons. The van der Waals surface area contributed by atoms with Crippen LogP contribution in [0, 0.1) is 0 Å². The molecule has 23 heavy (non-hydrogen) atoms. The summed E-state index contributed by atoms with van der Waals surface area (Å²) in [6.07, 6.45) is 5.57. The molecule has 1 saturated heterocycles. The summed E-state index contributed by atoms with van der Waals surface area (Å²) < 4.78 is 0. The van der Waals surface area contributed by atoms with Crippen LogP contribution in [0.25, 0.3) is 0 Å². The van der Waals surface area contributed by atoms with Gasteiger partial charge in [0.05, 0.1) is 6.04 Å². The number of rotatable bonds is 7. The molecule has 2 rings (SSSR count). The number of carbonyl (C=O) groups is 2. The summed E-state index contributed by atoms with van der Waals surface area (Å²) >= 11 is 1.67. The van der Waals surface area contributed by atoms with Crippen LogP contribution < -0.4 is 10.6 Å². The average Bonchev–Trinajstić information content (AvgIpc) is 3.10. The Morgan fingerprint density at radius 2 is 1.96 bits per heavy atom. The van der Waals surface area contributed by atoms with E-state index in [9.17, 15) is 9.59 Å². The lowest BCUT2D eigenvalue weighted by Crippen LogP contribution is -2.45. The number of nitrogens with one attached hydrogen (secondary N) is 2. The molecule has 2 N–H and O–H groups in total. The molecule has 0 aromatic carbocycles. The number of likely N-dealkylation sites (tertiary alicyclic amines) is 1. The fourth-order valence-corrected chi connectivity index (χ4v) is 3.59. The number of nitrogens with zero attached hydrogens (tertiary/aromatic N) is 1. The Hall–Kier alpha value is -1.40. The van der Waals surface area contributed by atoms with Crippen molar-refractivity contribution in [3.8, 4) is 0 Å². The van der Waals surface area contributed by atoms with Crippen LogP contribution in [0.1, 0.15) is 50.6 Å². The zero-order valence-corrected chi connectivity index (χ0v) is 14.7. The Bertz CT molecular complexity index is 484. The number of carbonyl (C=O) groups excluding carboxylic acids is 2. The molecule has 1 unspecified atom stereocenters. The minimum absolute atomic E-state index is 0.161. The Morgan fingerprint density at radius 1 is 1.22 bits per heavy atom. The van der Waals surface area contributed by atoms with Gasteiger partial charge < -0.3 is 10.6 Å². The topological polar surface area (TPSA) is 61.4 Å². The summed E-state index contributed by atoms with van der Waals surface area (Å²) in [4.78, 5) is 26.1. The summed E-state index contributed by atoms with van der Waals surface area (Å²) in [5, 5.41) is 9.66. The standard InChI is InChI=1S/C17H27N3O2S/c1-2-3-8-18-16(21)17(22)19-12-15(14-7-11-23-13-14)20-9-5-4-6-10-20/h7,11,13,15H,2-6,8-10,12H2,1H3,(H,18,21)(H,19,22). The van der Waals surface area contributed by atoms with Gasteiger partial charge in [-0.25, -0.2) is 0 Å². The van der Waals surface area contributed by atoms with E-state index in [2.05, 4.69) is 39.3 Å². The van der Waals surface area contributed by atoms with Crippen molar-refractivity contribution in [2.24, 2.45) is 0 Å². The maximum absolute atomic E-state index is 12.0. The van der Waals surface area contributed by atoms with Crippen LogP contribution >= 0.6 is 11.3 Å². The molecular weight excluding hydrogens is 310 g/mol. The third-order valence-electron chi connectivity index (χ3n) is 4.24. The molecule has 2 amide bonds. The third-order valence-corrected chi connectivity index (χ3v) is 4.94. The minimum atomic E-state index is -0.529. The third kappa shape index (κ3) is 5.62. The SMILES string of the molecule is CCCCNC(=O)C(=O)NCC(c1ccsc1)N1CCCCC1. The molecule has 1 aromatic rings. The van der Waals surface area contributed by atoms with Gasteiger partial charge in [0, 0.05) is 13.1 Å². The van der Waals surface area contributed by atoms with E-state index in [1.807, 2.05) is 0 Å². The summed E-state index contributed by atoms with van der Waals surface area (Å²) in [7, 11) is 0. The second kappa shape index (κ2) is 9.67. The van der Waals surface area contributed by atoms with Crippen LogP contribution in [0.2, 0.25) is 0 Å². The lowest BCUT2D eigenvalue weighted by Gasteiger charge is -2.34. The lowest BCUT2D eigenvalue weighted by molar-refractivity contribution is -0.139. The van der Waals surface area contributed by atoms with Gasteiger partial charge in [0.25, 0.3) is 0 Å². The second-order valence-electron chi connectivity index (χ2n) is 5.99. The molecule has 1 fully saturated rings. The molecule has 0 aliphatic carbocycles. The van der Waals surface area contributed by atoms with Gasteiger partial charge in [-0.05, 0) is 54.7 Å². The zero-order chi connectivity index (χ0) is 16.5. The van der Waals surface area contributed by atoms with Gasteiger partial charge in [0.1, 0.15) is 0 Å². The molecule has 1 aliphatic heterocycles. The molecule has 2 heterocycles. The molecule has 0 radical (unpaired) electrons. The molecule has 1 aromatic heterocycles. The van der Waals surface area contributed by atoms with E-state index in [0.29, 0.717) is 13.1 Å². The fourth-order valence-electron chi connectivity index (χ4n) is 2.88. The maximum Gasteiger partial charge on any atom is 0.309 e. The fraction of sp³-hybridized carbons (Fsp3) is 0.647. The predicted octanol–water partition coefficient (Wildman–Crippen LogP) is 2.31. The van der Waals surface area contributed by atoms with Crippen molar-refractivity contribution in [1.82, 2.24) is 15.5 Å². The van der Waals surface area contributed by atoms with Gasteiger partial charge in [-0.15, -0.1) is 0 Å². The minimum Gasteiger partial charge on any atom is -0.348 e. The van der Waals surface area contributed by atoms with Gasteiger partial charge in [-0.2, -0.15) is 11.3 Å². The van der Waals surface area contributed by atoms with Crippen molar-refractivity contribution in [2.75, 3.05) is 26.2 Å².